The number of benzene rings is 1. The molecule has 2 aromatic rings. The molecule has 0 bridgehead atoms. The lowest BCUT2D eigenvalue weighted by Gasteiger charge is -2.39. The molecule has 4 rings (SSSR count). The zero-order valence-corrected chi connectivity index (χ0v) is 16.8. The van der Waals surface area contributed by atoms with Gasteiger partial charge in [-0.1, -0.05) is 11.2 Å². The maximum atomic E-state index is 13.4. The minimum atomic E-state index is -0.0455. The highest BCUT2D eigenvalue weighted by Gasteiger charge is 2.47. The van der Waals surface area contributed by atoms with Gasteiger partial charge in [-0.25, -0.2) is 0 Å². The first-order chi connectivity index (χ1) is 13.5. The van der Waals surface area contributed by atoms with Gasteiger partial charge in [-0.05, 0) is 63.5 Å². The Morgan fingerprint density at radius 3 is 2.71 bits per heavy atom. The van der Waals surface area contributed by atoms with E-state index in [1.807, 2.05) is 30.0 Å². The number of methoxy groups -OCH3 is 1. The van der Waals surface area contributed by atoms with E-state index in [0.717, 1.165) is 43.9 Å². The van der Waals surface area contributed by atoms with Crippen LogP contribution in [0.3, 0.4) is 0 Å². The van der Waals surface area contributed by atoms with E-state index in [9.17, 15) is 4.79 Å². The normalized spacial score (nSPS) is 18.3. The molecule has 28 heavy (non-hydrogen) atoms. The molecule has 1 amide bonds. The van der Waals surface area contributed by atoms with E-state index in [2.05, 4.69) is 22.7 Å². The Morgan fingerprint density at radius 1 is 1.36 bits per heavy atom. The number of hydrogen-bond acceptors (Lipinski definition) is 5. The first kappa shape index (κ1) is 18.7. The fraction of sp³-hybridized carbons (Fsp3) is 0.455. The summed E-state index contributed by atoms with van der Waals surface area (Å²) in [7, 11) is 1.68. The van der Waals surface area contributed by atoms with Crippen molar-refractivity contribution in [2.75, 3.05) is 38.2 Å². The zero-order valence-electron chi connectivity index (χ0n) is 16.8. The van der Waals surface area contributed by atoms with Crippen molar-refractivity contribution in [1.29, 1.82) is 0 Å². The molecule has 2 aliphatic heterocycles. The molecule has 6 heteroatoms. The van der Waals surface area contributed by atoms with Crippen molar-refractivity contribution in [3.8, 4) is 5.75 Å². The van der Waals surface area contributed by atoms with Crippen LogP contribution in [0.4, 0.5) is 5.69 Å². The van der Waals surface area contributed by atoms with E-state index in [-0.39, 0.29) is 11.3 Å². The summed E-state index contributed by atoms with van der Waals surface area (Å²) in [6, 6.07) is 6.05. The Labute approximate surface area is 165 Å². The van der Waals surface area contributed by atoms with E-state index in [1.165, 1.54) is 5.56 Å². The third-order valence-corrected chi connectivity index (χ3v) is 6.22. The van der Waals surface area contributed by atoms with Gasteiger partial charge in [0.25, 0.3) is 5.91 Å². The Morgan fingerprint density at radius 2 is 2.11 bits per heavy atom. The van der Waals surface area contributed by atoms with Crippen LogP contribution in [-0.2, 0) is 5.41 Å². The van der Waals surface area contributed by atoms with Crippen molar-refractivity contribution in [2.45, 2.75) is 32.1 Å². The molecule has 6 nitrogen and oxygen atoms in total. The number of fused-ring (bicyclic) bond motifs is 2. The SMILES string of the molecule is C=CCN1CCC2(CC1)CN(C(=O)c1c(C)noc1C)c1ccc(OC)cc12. The quantitative estimate of drug-likeness (QED) is 0.759. The Kier molecular flexibility index (Phi) is 4.75. The van der Waals surface area contributed by atoms with Crippen molar-refractivity contribution in [3.63, 3.8) is 0 Å². The molecule has 0 radical (unpaired) electrons. The summed E-state index contributed by atoms with van der Waals surface area (Å²) in [6.45, 7) is 11.0. The third-order valence-electron chi connectivity index (χ3n) is 6.22. The molecule has 1 saturated heterocycles. The second kappa shape index (κ2) is 7.09. The molecule has 1 fully saturated rings. The maximum absolute atomic E-state index is 13.4. The van der Waals surface area contributed by atoms with Gasteiger partial charge in [0.05, 0.1) is 12.8 Å². The summed E-state index contributed by atoms with van der Waals surface area (Å²) in [5, 5.41) is 3.97. The number of ether oxygens (including phenoxy) is 1. The van der Waals surface area contributed by atoms with Crippen LogP contribution in [0, 0.1) is 13.8 Å². The van der Waals surface area contributed by atoms with Gasteiger partial charge in [0.2, 0.25) is 0 Å². The summed E-state index contributed by atoms with van der Waals surface area (Å²) >= 11 is 0. The second-order valence-electron chi connectivity index (χ2n) is 7.84. The van der Waals surface area contributed by atoms with Gasteiger partial charge in [0.1, 0.15) is 17.1 Å². The number of amides is 1. The monoisotopic (exact) mass is 381 g/mol. The summed E-state index contributed by atoms with van der Waals surface area (Å²) in [5.41, 5.74) is 3.35. The standard InChI is InChI=1S/C22H27N3O3/c1-5-10-24-11-8-22(9-12-24)14-25(19-7-6-17(27-4)13-18(19)22)21(26)20-15(2)23-28-16(20)3/h5-7,13H,1,8-12,14H2,2-4H3. The van der Waals surface area contributed by atoms with Crippen LogP contribution in [-0.4, -0.2) is 49.3 Å². The Hall–Kier alpha value is -2.60. The fourth-order valence-electron chi connectivity index (χ4n) is 4.65. The highest BCUT2D eigenvalue weighted by Crippen LogP contribution is 2.48. The van der Waals surface area contributed by atoms with E-state index in [0.29, 0.717) is 23.6 Å². The second-order valence-corrected chi connectivity index (χ2v) is 7.84. The first-order valence-electron chi connectivity index (χ1n) is 9.75. The predicted octanol–water partition coefficient (Wildman–Crippen LogP) is 3.48. The molecule has 0 saturated carbocycles. The number of hydrogen-bond donors (Lipinski definition) is 0. The average Bonchev–Trinajstić information content (AvgIpc) is 3.20. The van der Waals surface area contributed by atoms with Gasteiger partial charge in [-0.3, -0.25) is 9.69 Å². The smallest absolute Gasteiger partial charge is 0.263 e. The zero-order chi connectivity index (χ0) is 19.9. The Bertz CT molecular complexity index is 890. The molecule has 2 aliphatic rings. The van der Waals surface area contributed by atoms with Crippen LogP contribution in [0.1, 0.15) is 40.2 Å². The topological polar surface area (TPSA) is 58.8 Å². The largest absolute Gasteiger partial charge is 0.497 e. The molecule has 148 valence electrons. The van der Waals surface area contributed by atoms with Crippen molar-refractivity contribution in [3.05, 3.63) is 53.4 Å². The lowest BCUT2D eigenvalue weighted by atomic mass is 9.74. The number of likely N-dealkylation sites (tertiary alicyclic amines) is 1. The third kappa shape index (κ3) is 2.92. The van der Waals surface area contributed by atoms with Crippen LogP contribution >= 0.6 is 0 Å². The highest BCUT2D eigenvalue weighted by atomic mass is 16.5. The van der Waals surface area contributed by atoms with Crippen molar-refractivity contribution >= 4 is 11.6 Å². The van der Waals surface area contributed by atoms with Gasteiger partial charge in [-0.2, -0.15) is 0 Å². The highest BCUT2D eigenvalue weighted by molar-refractivity contribution is 6.09. The molecule has 3 heterocycles. The van der Waals surface area contributed by atoms with E-state index < -0.39 is 0 Å². The number of aromatic nitrogens is 1. The summed E-state index contributed by atoms with van der Waals surface area (Å²) in [4.78, 5) is 17.8. The minimum Gasteiger partial charge on any atom is -0.497 e. The summed E-state index contributed by atoms with van der Waals surface area (Å²) in [5.74, 6) is 1.37. The molecule has 1 aromatic heterocycles. The van der Waals surface area contributed by atoms with Gasteiger partial charge in [0, 0.05) is 24.2 Å². The van der Waals surface area contributed by atoms with E-state index in [4.69, 9.17) is 9.26 Å². The summed E-state index contributed by atoms with van der Waals surface area (Å²) < 4.78 is 10.7. The van der Waals surface area contributed by atoms with E-state index in [1.54, 1.807) is 14.0 Å². The number of rotatable bonds is 4. The Balaban J connectivity index is 1.72. The number of piperidine rings is 1. The van der Waals surface area contributed by atoms with Gasteiger partial charge in [-0.15, -0.1) is 6.58 Å². The maximum Gasteiger partial charge on any atom is 0.263 e. The van der Waals surface area contributed by atoms with Crippen LogP contribution in [0.5, 0.6) is 5.75 Å². The molecular formula is C22H27N3O3. The lowest BCUT2D eigenvalue weighted by Crippen LogP contribution is -2.46. The molecular weight excluding hydrogens is 354 g/mol. The number of aryl methyl sites for hydroxylation is 2. The molecule has 1 spiro atoms. The number of nitrogens with zero attached hydrogens (tertiary/aromatic N) is 3. The fourth-order valence-corrected chi connectivity index (χ4v) is 4.65. The van der Waals surface area contributed by atoms with Gasteiger partial charge in [0.15, 0.2) is 0 Å². The molecule has 1 aromatic carbocycles. The summed E-state index contributed by atoms with van der Waals surface area (Å²) in [6.07, 6.45) is 3.97. The van der Waals surface area contributed by atoms with Crippen molar-refractivity contribution in [1.82, 2.24) is 10.1 Å². The van der Waals surface area contributed by atoms with E-state index >= 15 is 0 Å². The average molecular weight is 381 g/mol. The van der Waals surface area contributed by atoms with Crippen LogP contribution in [0.15, 0.2) is 35.4 Å². The molecule has 0 N–H and O–H groups in total. The van der Waals surface area contributed by atoms with Crippen LogP contribution in [0.2, 0.25) is 0 Å². The predicted molar refractivity (Wildman–Crippen MR) is 108 cm³/mol. The molecule has 0 atom stereocenters. The van der Waals surface area contributed by atoms with Gasteiger partial charge < -0.3 is 14.2 Å². The minimum absolute atomic E-state index is 0.0342. The molecule has 0 aliphatic carbocycles. The first-order valence-corrected chi connectivity index (χ1v) is 9.75. The number of anilines is 1. The van der Waals surface area contributed by atoms with Crippen LogP contribution < -0.4 is 9.64 Å². The molecule has 0 unspecified atom stereocenters. The van der Waals surface area contributed by atoms with Gasteiger partial charge >= 0.3 is 0 Å². The number of carbonyl (C=O) groups excluding carboxylic acids is 1. The number of carbonyl (C=O) groups is 1. The van der Waals surface area contributed by atoms with Crippen molar-refractivity contribution in [2.24, 2.45) is 0 Å². The van der Waals surface area contributed by atoms with Crippen molar-refractivity contribution < 1.29 is 14.1 Å². The van der Waals surface area contributed by atoms with Crippen LogP contribution in [0.25, 0.3) is 0 Å². The lowest BCUT2D eigenvalue weighted by molar-refractivity contribution is 0.0976.